The maximum absolute atomic E-state index is 11.3. The minimum Gasteiger partial charge on any atom is -0.211 e. The van der Waals surface area contributed by atoms with E-state index >= 15 is 0 Å². The van der Waals surface area contributed by atoms with Crippen molar-refractivity contribution in [3.05, 3.63) is 59.2 Å². The third kappa shape index (κ3) is 2.41. The van der Waals surface area contributed by atoms with Crippen molar-refractivity contribution in [1.82, 2.24) is 0 Å². The summed E-state index contributed by atoms with van der Waals surface area (Å²) in [5.74, 6) is 0.813. The molecule has 0 spiro atoms. The summed E-state index contributed by atoms with van der Waals surface area (Å²) in [4.78, 5) is 30.5. The molecule has 1 radical (unpaired) electrons. The lowest BCUT2D eigenvalue weighted by Gasteiger charge is -2.45. The SMILES string of the molecule is C[C]1CC(C)(C)C=C(N=C=O)C1(N=C=O)C1C=Cc2ccccc21. The predicted octanol–water partition coefficient (Wildman–Crippen LogP) is 4.12. The molecule has 1 aromatic rings. The summed E-state index contributed by atoms with van der Waals surface area (Å²) in [6, 6.07) is 7.99. The summed E-state index contributed by atoms with van der Waals surface area (Å²) in [6.45, 7) is 6.12. The zero-order valence-corrected chi connectivity index (χ0v) is 14.0. The van der Waals surface area contributed by atoms with Crippen LogP contribution in [0.15, 0.2) is 52.1 Å². The van der Waals surface area contributed by atoms with Gasteiger partial charge >= 0.3 is 0 Å². The molecule has 0 heterocycles. The number of hydrogen-bond acceptors (Lipinski definition) is 4. The fourth-order valence-corrected chi connectivity index (χ4v) is 4.07. The van der Waals surface area contributed by atoms with E-state index in [-0.39, 0.29) is 11.3 Å². The van der Waals surface area contributed by atoms with Crippen LogP contribution in [-0.2, 0) is 9.59 Å². The minimum atomic E-state index is -1.00. The molecule has 0 N–H and O–H groups in total. The van der Waals surface area contributed by atoms with Gasteiger partial charge in [0.15, 0.2) is 0 Å². The van der Waals surface area contributed by atoms with Crippen LogP contribution in [0.25, 0.3) is 6.08 Å². The van der Waals surface area contributed by atoms with Crippen molar-refractivity contribution in [1.29, 1.82) is 0 Å². The number of allylic oxidation sites excluding steroid dienone is 1. The van der Waals surface area contributed by atoms with Crippen molar-refractivity contribution in [3.63, 3.8) is 0 Å². The molecule has 2 unspecified atom stereocenters. The average molecular weight is 319 g/mol. The first-order chi connectivity index (χ1) is 11.4. The second-order valence-electron chi connectivity index (χ2n) is 7.11. The number of isocyanates is 2. The van der Waals surface area contributed by atoms with E-state index in [0.29, 0.717) is 5.70 Å². The van der Waals surface area contributed by atoms with Gasteiger partial charge in [-0.05, 0) is 23.0 Å². The molecule has 1 aromatic carbocycles. The molecular formula is C20H19N2O2. The number of hydrogen-bond donors (Lipinski definition) is 0. The fraction of sp³-hybridized carbons (Fsp3) is 0.350. The van der Waals surface area contributed by atoms with E-state index in [2.05, 4.69) is 23.8 Å². The molecule has 2 atom stereocenters. The Labute approximate surface area is 141 Å². The summed E-state index contributed by atoms with van der Waals surface area (Å²) < 4.78 is 0. The topological polar surface area (TPSA) is 58.9 Å². The number of rotatable bonds is 3. The zero-order valence-electron chi connectivity index (χ0n) is 14.0. The minimum absolute atomic E-state index is 0.163. The van der Waals surface area contributed by atoms with Crippen LogP contribution in [0.1, 0.15) is 44.2 Å². The van der Waals surface area contributed by atoms with Crippen molar-refractivity contribution in [2.45, 2.75) is 38.6 Å². The van der Waals surface area contributed by atoms with Gasteiger partial charge in [-0.2, -0.15) is 9.98 Å². The molecule has 0 aromatic heterocycles. The number of aliphatic imine (C=N–C) groups is 2. The zero-order chi connectivity index (χ0) is 17.4. The molecule has 2 aliphatic rings. The van der Waals surface area contributed by atoms with E-state index in [1.165, 1.54) is 0 Å². The normalized spacial score (nSPS) is 27.6. The van der Waals surface area contributed by atoms with Gasteiger partial charge in [-0.1, -0.05) is 63.3 Å². The van der Waals surface area contributed by atoms with Gasteiger partial charge in [0, 0.05) is 11.8 Å². The molecular weight excluding hydrogens is 300 g/mol. The molecule has 0 saturated heterocycles. The summed E-state index contributed by atoms with van der Waals surface area (Å²) in [5.41, 5.74) is 1.47. The summed E-state index contributed by atoms with van der Waals surface area (Å²) in [6.07, 6.45) is 10.1. The van der Waals surface area contributed by atoms with E-state index in [0.717, 1.165) is 23.5 Å². The molecule has 2 aliphatic carbocycles. The predicted molar refractivity (Wildman–Crippen MR) is 92.6 cm³/mol. The number of nitrogens with zero attached hydrogens (tertiary/aromatic N) is 2. The molecule has 4 heteroatoms. The number of fused-ring (bicyclic) bond motifs is 1. The third-order valence-corrected chi connectivity index (χ3v) is 4.93. The summed E-state index contributed by atoms with van der Waals surface area (Å²) in [5, 5.41) is 0. The van der Waals surface area contributed by atoms with Crippen LogP contribution in [0.3, 0.4) is 0 Å². The Morgan fingerprint density at radius 1 is 1.17 bits per heavy atom. The number of carbonyl (C=O) groups excluding carboxylic acids is 2. The lowest BCUT2D eigenvalue weighted by Crippen LogP contribution is -2.45. The smallest absolute Gasteiger partial charge is 0.211 e. The van der Waals surface area contributed by atoms with E-state index in [1.54, 1.807) is 12.2 Å². The van der Waals surface area contributed by atoms with Crippen molar-refractivity contribution < 1.29 is 9.59 Å². The summed E-state index contributed by atoms with van der Waals surface area (Å²) >= 11 is 0. The van der Waals surface area contributed by atoms with Crippen LogP contribution in [0.2, 0.25) is 0 Å². The largest absolute Gasteiger partial charge is 0.240 e. The molecule has 0 aliphatic heterocycles. The fourth-order valence-electron chi connectivity index (χ4n) is 4.07. The molecule has 0 bridgehead atoms. The lowest BCUT2D eigenvalue weighted by molar-refractivity contribution is 0.329. The molecule has 0 fully saturated rings. The van der Waals surface area contributed by atoms with Crippen molar-refractivity contribution in [3.8, 4) is 0 Å². The highest BCUT2D eigenvalue weighted by Gasteiger charge is 2.53. The maximum atomic E-state index is 11.3. The average Bonchev–Trinajstić information content (AvgIpc) is 2.95. The highest BCUT2D eigenvalue weighted by Crippen LogP contribution is 2.55. The molecule has 4 nitrogen and oxygen atoms in total. The second kappa shape index (κ2) is 5.83. The first-order valence-corrected chi connectivity index (χ1v) is 7.95. The Morgan fingerprint density at radius 2 is 1.92 bits per heavy atom. The Bertz CT molecular complexity index is 824. The Hall–Kier alpha value is -2.54. The summed E-state index contributed by atoms with van der Waals surface area (Å²) in [7, 11) is 0. The third-order valence-electron chi connectivity index (χ3n) is 4.93. The van der Waals surface area contributed by atoms with E-state index in [4.69, 9.17) is 0 Å². The van der Waals surface area contributed by atoms with Crippen LogP contribution in [0.5, 0.6) is 0 Å². The highest BCUT2D eigenvalue weighted by molar-refractivity contribution is 5.67. The second-order valence-corrected chi connectivity index (χ2v) is 7.11. The molecule has 0 amide bonds. The van der Waals surface area contributed by atoms with Gasteiger partial charge in [0.05, 0.1) is 5.70 Å². The van der Waals surface area contributed by atoms with Crippen molar-refractivity contribution in [2.24, 2.45) is 15.4 Å². The Kier molecular flexibility index (Phi) is 3.96. The van der Waals surface area contributed by atoms with Crippen LogP contribution < -0.4 is 0 Å². The molecule has 121 valence electrons. The first kappa shape index (κ1) is 16.3. The van der Waals surface area contributed by atoms with E-state index in [9.17, 15) is 9.59 Å². The molecule has 0 saturated carbocycles. The van der Waals surface area contributed by atoms with Crippen LogP contribution in [0, 0.1) is 11.3 Å². The quantitative estimate of drug-likeness (QED) is 0.621. The Morgan fingerprint density at radius 3 is 2.62 bits per heavy atom. The van der Waals surface area contributed by atoms with Gasteiger partial charge in [0.25, 0.3) is 0 Å². The van der Waals surface area contributed by atoms with Crippen molar-refractivity contribution >= 4 is 18.2 Å². The van der Waals surface area contributed by atoms with Gasteiger partial charge in [-0.15, -0.1) is 0 Å². The molecule has 3 rings (SSSR count). The van der Waals surface area contributed by atoms with Crippen LogP contribution >= 0.6 is 0 Å². The lowest BCUT2D eigenvalue weighted by atomic mass is 9.61. The van der Waals surface area contributed by atoms with Crippen molar-refractivity contribution in [2.75, 3.05) is 0 Å². The highest BCUT2D eigenvalue weighted by atomic mass is 16.1. The van der Waals surface area contributed by atoms with E-state index in [1.807, 2.05) is 49.4 Å². The van der Waals surface area contributed by atoms with Gasteiger partial charge in [-0.25, -0.2) is 9.59 Å². The maximum Gasteiger partial charge on any atom is 0.240 e. The van der Waals surface area contributed by atoms with Gasteiger partial charge < -0.3 is 0 Å². The monoisotopic (exact) mass is 319 g/mol. The molecule has 24 heavy (non-hydrogen) atoms. The Balaban J connectivity index is 2.27. The van der Waals surface area contributed by atoms with E-state index < -0.39 is 5.54 Å². The van der Waals surface area contributed by atoms with Gasteiger partial charge in [0.1, 0.15) is 5.54 Å². The van der Waals surface area contributed by atoms with Crippen LogP contribution in [-0.4, -0.2) is 17.7 Å². The van der Waals surface area contributed by atoms with Crippen LogP contribution in [0.4, 0.5) is 0 Å². The number of benzene rings is 1. The standard InChI is InChI=1S/C20H19N2O2/c1-14-10-19(2,3)11-18(21-12-23)20(14,22-13-24)17-9-8-15-6-4-5-7-16(15)17/h4-9,11,17H,10H2,1-3H3. The first-order valence-electron chi connectivity index (χ1n) is 7.95. The van der Waals surface area contributed by atoms with Gasteiger partial charge in [-0.3, -0.25) is 0 Å². The van der Waals surface area contributed by atoms with Gasteiger partial charge in [0.2, 0.25) is 12.2 Å².